The van der Waals surface area contributed by atoms with Gasteiger partial charge in [-0.25, -0.2) is 4.79 Å². The van der Waals surface area contributed by atoms with Crippen molar-refractivity contribution in [1.29, 1.82) is 0 Å². The largest absolute Gasteiger partial charge is 0.508 e. The Balaban J connectivity index is 2.87. The van der Waals surface area contributed by atoms with E-state index in [1.165, 1.54) is 12.1 Å². The van der Waals surface area contributed by atoms with Crippen LogP contribution in [0.1, 0.15) is 10.4 Å². The molecule has 1 aromatic rings. The Hall–Kier alpha value is -1.77. The molecule has 0 amide bonds. The molecule has 1 aromatic carbocycles. The lowest BCUT2D eigenvalue weighted by Gasteiger charge is -1.98. The third kappa shape index (κ3) is 1.85. The van der Waals surface area contributed by atoms with E-state index in [1.54, 1.807) is 12.1 Å². The minimum Gasteiger partial charge on any atom is -0.508 e. The van der Waals surface area contributed by atoms with E-state index < -0.39 is 5.97 Å². The number of hydrogen-bond donors (Lipinski definition) is 1. The first-order valence-corrected chi connectivity index (χ1v) is 3.35. The van der Waals surface area contributed by atoms with Crippen molar-refractivity contribution < 1.29 is 14.6 Å². The van der Waals surface area contributed by atoms with Crippen molar-refractivity contribution in [1.82, 2.24) is 0 Å². The van der Waals surface area contributed by atoms with Crippen molar-refractivity contribution in [2.75, 3.05) is 0 Å². The highest BCUT2D eigenvalue weighted by atomic mass is 16.5. The first-order chi connectivity index (χ1) is 5.74. The Morgan fingerprint density at radius 1 is 1.58 bits per heavy atom. The van der Waals surface area contributed by atoms with E-state index >= 15 is 0 Å². The maximum Gasteiger partial charge on any atom is 0.343 e. The van der Waals surface area contributed by atoms with Crippen molar-refractivity contribution in [2.45, 2.75) is 0 Å². The van der Waals surface area contributed by atoms with Crippen molar-refractivity contribution in [3.05, 3.63) is 42.7 Å². The van der Waals surface area contributed by atoms with Crippen LogP contribution >= 0.6 is 0 Å². The predicted octanol–water partition coefficient (Wildman–Crippen LogP) is 1.69. The number of ether oxygens (including phenoxy) is 1. The molecule has 12 heavy (non-hydrogen) atoms. The SMILES string of the molecule is C=COC(=O)c1cccc(O)c1. The number of esters is 1. The smallest absolute Gasteiger partial charge is 0.343 e. The molecular formula is C9H8O3. The molecule has 62 valence electrons. The van der Waals surface area contributed by atoms with E-state index in [0.29, 0.717) is 5.56 Å². The third-order valence-corrected chi connectivity index (χ3v) is 1.27. The lowest BCUT2D eigenvalue weighted by molar-refractivity contribution is 0.0664. The fourth-order valence-corrected chi connectivity index (χ4v) is 0.777. The maximum atomic E-state index is 11.0. The van der Waals surface area contributed by atoms with Gasteiger partial charge in [-0.3, -0.25) is 0 Å². The highest BCUT2D eigenvalue weighted by Crippen LogP contribution is 2.11. The molecule has 0 saturated carbocycles. The minimum atomic E-state index is -0.527. The van der Waals surface area contributed by atoms with E-state index in [1.807, 2.05) is 0 Å². The van der Waals surface area contributed by atoms with Gasteiger partial charge in [0.05, 0.1) is 11.8 Å². The zero-order valence-corrected chi connectivity index (χ0v) is 6.36. The molecule has 0 bridgehead atoms. The minimum absolute atomic E-state index is 0.0357. The highest BCUT2D eigenvalue weighted by Gasteiger charge is 2.04. The van der Waals surface area contributed by atoms with Crippen LogP contribution in [-0.2, 0) is 4.74 Å². The predicted molar refractivity (Wildman–Crippen MR) is 43.7 cm³/mol. The Labute approximate surface area is 69.9 Å². The number of hydrogen-bond acceptors (Lipinski definition) is 3. The summed E-state index contributed by atoms with van der Waals surface area (Å²) in [5, 5.41) is 9.00. The van der Waals surface area contributed by atoms with Crippen LogP contribution in [0.25, 0.3) is 0 Å². The van der Waals surface area contributed by atoms with Crippen LogP contribution in [0, 0.1) is 0 Å². The zero-order chi connectivity index (χ0) is 8.97. The van der Waals surface area contributed by atoms with Gasteiger partial charge in [0.25, 0.3) is 0 Å². The fourth-order valence-electron chi connectivity index (χ4n) is 0.777. The van der Waals surface area contributed by atoms with Gasteiger partial charge in [0, 0.05) is 0 Å². The first-order valence-electron chi connectivity index (χ1n) is 3.35. The number of phenols is 1. The summed E-state index contributed by atoms with van der Waals surface area (Å²) in [5.41, 5.74) is 0.301. The molecule has 0 unspecified atom stereocenters. The third-order valence-electron chi connectivity index (χ3n) is 1.27. The van der Waals surface area contributed by atoms with Crippen LogP contribution in [0.5, 0.6) is 5.75 Å². The second-order valence-electron chi connectivity index (χ2n) is 2.12. The van der Waals surface area contributed by atoms with Gasteiger partial charge in [-0.05, 0) is 18.2 Å². The molecule has 0 aliphatic rings. The fraction of sp³-hybridized carbons (Fsp3) is 0. The number of carbonyl (C=O) groups is 1. The van der Waals surface area contributed by atoms with Crippen LogP contribution in [0.2, 0.25) is 0 Å². The van der Waals surface area contributed by atoms with Crippen LogP contribution in [0.4, 0.5) is 0 Å². The highest BCUT2D eigenvalue weighted by molar-refractivity contribution is 5.90. The summed E-state index contributed by atoms with van der Waals surface area (Å²) in [4.78, 5) is 11.0. The molecule has 3 heteroatoms. The second-order valence-corrected chi connectivity index (χ2v) is 2.12. The van der Waals surface area contributed by atoms with Crippen LogP contribution in [-0.4, -0.2) is 11.1 Å². The topological polar surface area (TPSA) is 46.5 Å². The van der Waals surface area contributed by atoms with E-state index in [4.69, 9.17) is 5.11 Å². The molecule has 0 aliphatic heterocycles. The summed E-state index contributed by atoms with van der Waals surface area (Å²) >= 11 is 0. The van der Waals surface area contributed by atoms with E-state index in [2.05, 4.69) is 11.3 Å². The summed E-state index contributed by atoms with van der Waals surface area (Å²) in [6.45, 7) is 3.24. The number of aromatic hydroxyl groups is 1. The first kappa shape index (κ1) is 8.33. The molecule has 0 atom stereocenters. The van der Waals surface area contributed by atoms with Gasteiger partial charge in [-0.1, -0.05) is 12.6 Å². The molecule has 0 saturated heterocycles. The molecule has 0 heterocycles. The quantitative estimate of drug-likeness (QED) is 0.534. The molecule has 0 radical (unpaired) electrons. The zero-order valence-electron chi connectivity index (χ0n) is 6.36. The monoisotopic (exact) mass is 164 g/mol. The number of rotatable bonds is 2. The van der Waals surface area contributed by atoms with Crippen molar-refractivity contribution in [3.8, 4) is 5.75 Å². The van der Waals surface area contributed by atoms with Gasteiger partial charge in [-0.2, -0.15) is 0 Å². The molecule has 0 spiro atoms. The summed E-state index contributed by atoms with van der Waals surface area (Å²) < 4.78 is 4.50. The van der Waals surface area contributed by atoms with Crippen molar-refractivity contribution >= 4 is 5.97 Å². The summed E-state index contributed by atoms with van der Waals surface area (Å²) in [7, 11) is 0. The number of carbonyl (C=O) groups excluding carboxylic acids is 1. The van der Waals surface area contributed by atoms with E-state index in [-0.39, 0.29) is 5.75 Å². The average molecular weight is 164 g/mol. The van der Waals surface area contributed by atoms with Crippen LogP contribution in [0.3, 0.4) is 0 Å². The molecule has 1 rings (SSSR count). The van der Waals surface area contributed by atoms with Gasteiger partial charge < -0.3 is 9.84 Å². The normalized spacial score (nSPS) is 9.00. The Bertz CT molecular complexity index is 304. The molecule has 0 aliphatic carbocycles. The molecule has 0 fully saturated rings. The summed E-state index contributed by atoms with van der Waals surface area (Å²) in [6.07, 6.45) is 1.05. The number of benzene rings is 1. The maximum absolute atomic E-state index is 11.0. The summed E-state index contributed by atoms with van der Waals surface area (Å²) in [6, 6.07) is 5.91. The Morgan fingerprint density at radius 2 is 2.33 bits per heavy atom. The lowest BCUT2D eigenvalue weighted by atomic mass is 10.2. The Morgan fingerprint density at radius 3 is 2.92 bits per heavy atom. The lowest BCUT2D eigenvalue weighted by Crippen LogP contribution is -1.99. The van der Waals surface area contributed by atoms with Crippen LogP contribution < -0.4 is 0 Å². The number of phenolic OH excluding ortho intramolecular Hbond substituents is 1. The van der Waals surface area contributed by atoms with Gasteiger partial charge in [-0.15, -0.1) is 0 Å². The average Bonchev–Trinajstić information content (AvgIpc) is 2.05. The second kappa shape index (κ2) is 3.57. The van der Waals surface area contributed by atoms with E-state index in [0.717, 1.165) is 6.26 Å². The van der Waals surface area contributed by atoms with E-state index in [9.17, 15) is 4.79 Å². The molecule has 0 aromatic heterocycles. The van der Waals surface area contributed by atoms with Gasteiger partial charge in [0.1, 0.15) is 5.75 Å². The van der Waals surface area contributed by atoms with Gasteiger partial charge >= 0.3 is 5.97 Å². The van der Waals surface area contributed by atoms with Crippen molar-refractivity contribution in [3.63, 3.8) is 0 Å². The summed E-state index contributed by atoms with van der Waals surface area (Å²) in [5.74, 6) is -0.491. The van der Waals surface area contributed by atoms with Crippen molar-refractivity contribution in [2.24, 2.45) is 0 Å². The molecule has 1 N–H and O–H groups in total. The standard InChI is InChI=1S/C9H8O3/c1-2-12-9(11)7-4-3-5-8(10)6-7/h2-6,10H,1H2. The van der Waals surface area contributed by atoms with Crippen LogP contribution in [0.15, 0.2) is 37.1 Å². The molecule has 3 nitrogen and oxygen atoms in total. The Kier molecular flexibility index (Phi) is 2.48. The molecular weight excluding hydrogens is 156 g/mol. The van der Waals surface area contributed by atoms with Gasteiger partial charge in [0.2, 0.25) is 0 Å². The van der Waals surface area contributed by atoms with Gasteiger partial charge in [0.15, 0.2) is 0 Å².